The van der Waals surface area contributed by atoms with E-state index in [1.807, 2.05) is 13.8 Å². The van der Waals surface area contributed by atoms with Crippen molar-refractivity contribution in [2.24, 2.45) is 11.8 Å². The molecule has 2 atom stereocenters. The van der Waals surface area contributed by atoms with Crippen LogP contribution in [0.15, 0.2) is 34.6 Å². The Bertz CT molecular complexity index is 670. The fraction of sp³-hybridized carbons (Fsp3) is 0.550. The molecule has 138 valence electrons. The molecule has 0 saturated carbocycles. The minimum atomic E-state index is -2.35. The van der Waals surface area contributed by atoms with Crippen LogP contribution in [0.2, 0.25) is 0 Å². The highest BCUT2D eigenvalue weighted by molar-refractivity contribution is 6.26. The largest absolute Gasteiger partial charge is 0.508 e. The molecule has 0 bridgehead atoms. The fourth-order valence-electron chi connectivity index (χ4n) is 2.77. The van der Waals surface area contributed by atoms with Crippen molar-refractivity contribution < 1.29 is 24.6 Å². The maximum Gasteiger partial charge on any atom is 0.191 e. The zero-order chi connectivity index (χ0) is 19.5. The van der Waals surface area contributed by atoms with Gasteiger partial charge >= 0.3 is 0 Å². The van der Waals surface area contributed by atoms with Gasteiger partial charge < -0.3 is 10.2 Å². The van der Waals surface area contributed by atoms with Gasteiger partial charge in [-0.2, -0.15) is 0 Å². The van der Waals surface area contributed by atoms with Crippen LogP contribution in [0.1, 0.15) is 54.4 Å². The Labute approximate surface area is 149 Å². The van der Waals surface area contributed by atoms with Gasteiger partial charge in [-0.3, -0.25) is 14.4 Å². The standard InChI is InChI=1S/C20H28O5/c1-11(2)7-9-14-18(23)16(17(22)13(5)6)19(24)20(14,25)15(21)10-8-12(3)4/h7-8,13-14,24-25H,9-10H2,1-6H3. The van der Waals surface area contributed by atoms with Crippen molar-refractivity contribution in [1.82, 2.24) is 0 Å². The SMILES string of the molecule is CC(C)=CCC(=O)C1(O)C(O)=C(C(=O)C(C)C)C(=O)C1CC=C(C)C. The first-order valence-electron chi connectivity index (χ1n) is 8.49. The molecule has 5 heteroatoms. The van der Waals surface area contributed by atoms with E-state index < -0.39 is 46.1 Å². The lowest BCUT2D eigenvalue weighted by Gasteiger charge is -2.27. The normalized spacial score (nSPS) is 23.0. The predicted octanol–water partition coefficient (Wildman–Crippen LogP) is 3.24. The van der Waals surface area contributed by atoms with Gasteiger partial charge in [0, 0.05) is 12.3 Å². The van der Waals surface area contributed by atoms with Crippen LogP contribution >= 0.6 is 0 Å². The number of hydrogen-bond acceptors (Lipinski definition) is 5. The smallest absolute Gasteiger partial charge is 0.191 e. The van der Waals surface area contributed by atoms with E-state index in [1.165, 1.54) is 0 Å². The summed E-state index contributed by atoms with van der Waals surface area (Å²) in [5, 5.41) is 21.5. The second kappa shape index (κ2) is 7.91. The predicted molar refractivity (Wildman–Crippen MR) is 96.0 cm³/mol. The van der Waals surface area contributed by atoms with Crippen molar-refractivity contribution in [2.75, 3.05) is 0 Å². The quantitative estimate of drug-likeness (QED) is 0.544. The van der Waals surface area contributed by atoms with Crippen LogP contribution < -0.4 is 0 Å². The number of carbonyl (C=O) groups excluding carboxylic acids is 3. The van der Waals surface area contributed by atoms with Gasteiger partial charge in [0.2, 0.25) is 0 Å². The average molecular weight is 348 g/mol. The summed E-state index contributed by atoms with van der Waals surface area (Å²) in [5.74, 6) is -4.41. The molecule has 2 N–H and O–H groups in total. The number of hydrogen-bond donors (Lipinski definition) is 2. The molecular weight excluding hydrogens is 320 g/mol. The lowest BCUT2D eigenvalue weighted by Crippen LogP contribution is -2.46. The third kappa shape index (κ3) is 4.15. The first kappa shape index (κ1) is 21.0. The van der Waals surface area contributed by atoms with Gasteiger partial charge in [-0.1, -0.05) is 37.1 Å². The summed E-state index contributed by atoms with van der Waals surface area (Å²) in [5.41, 5.74) is -0.996. The van der Waals surface area contributed by atoms with Crippen molar-refractivity contribution in [2.45, 2.75) is 60.0 Å². The third-order valence-corrected chi connectivity index (χ3v) is 4.32. The molecule has 0 heterocycles. The molecular formula is C20H28O5. The van der Waals surface area contributed by atoms with E-state index in [9.17, 15) is 24.6 Å². The Kier molecular flexibility index (Phi) is 6.66. The number of aliphatic hydroxyl groups excluding tert-OH is 1. The van der Waals surface area contributed by atoms with Gasteiger partial charge in [0.25, 0.3) is 0 Å². The average Bonchev–Trinajstić information content (AvgIpc) is 2.69. The maximum atomic E-state index is 12.7. The first-order valence-corrected chi connectivity index (χ1v) is 8.49. The molecule has 0 aliphatic heterocycles. The van der Waals surface area contributed by atoms with Gasteiger partial charge in [-0.25, -0.2) is 0 Å². The molecule has 5 nitrogen and oxygen atoms in total. The molecule has 0 spiro atoms. The Morgan fingerprint density at radius 3 is 2.08 bits per heavy atom. The molecule has 1 aliphatic rings. The van der Waals surface area contributed by atoms with Crippen LogP contribution in [-0.2, 0) is 14.4 Å². The molecule has 0 aromatic heterocycles. The summed E-state index contributed by atoms with van der Waals surface area (Å²) >= 11 is 0. The zero-order valence-corrected chi connectivity index (χ0v) is 15.8. The molecule has 2 unspecified atom stereocenters. The summed E-state index contributed by atoms with van der Waals surface area (Å²) in [6.07, 6.45) is 3.30. The highest BCUT2D eigenvalue weighted by Crippen LogP contribution is 2.41. The molecule has 1 rings (SSSR count). The molecule has 25 heavy (non-hydrogen) atoms. The van der Waals surface area contributed by atoms with E-state index in [4.69, 9.17) is 0 Å². The molecule has 0 fully saturated rings. The van der Waals surface area contributed by atoms with Crippen LogP contribution in [-0.4, -0.2) is 33.2 Å². The molecule has 1 aliphatic carbocycles. The first-order chi connectivity index (χ1) is 11.4. The summed E-state index contributed by atoms with van der Waals surface area (Å²) in [6, 6.07) is 0. The summed E-state index contributed by atoms with van der Waals surface area (Å²) in [6.45, 7) is 10.5. The summed E-state index contributed by atoms with van der Waals surface area (Å²) in [7, 11) is 0. The van der Waals surface area contributed by atoms with Gasteiger partial charge in [0.05, 0.1) is 5.92 Å². The number of carbonyl (C=O) groups is 3. The molecule has 0 radical (unpaired) electrons. The molecule has 0 amide bonds. The van der Waals surface area contributed by atoms with Crippen molar-refractivity contribution in [3.8, 4) is 0 Å². The number of Topliss-reactive ketones (excluding diaryl/α,β-unsaturated/α-hetero) is 3. The Morgan fingerprint density at radius 2 is 1.64 bits per heavy atom. The number of allylic oxidation sites excluding steroid dienone is 5. The lowest BCUT2D eigenvalue weighted by molar-refractivity contribution is -0.144. The van der Waals surface area contributed by atoms with E-state index >= 15 is 0 Å². The molecule has 0 aromatic carbocycles. The van der Waals surface area contributed by atoms with E-state index in [2.05, 4.69) is 0 Å². The van der Waals surface area contributed by atoms with Crippen molar-refractivity contribution in [3.63, 3.8) is 0 Å². The Hall–Kier alpha value is -2.01. The highest BCUT2D eigenvalue weighted by atomic mass is 16.3. The van der Waals surface area contributed by atoms with Gasteiger partial charge in [-0.15, -0.1) is 0 Å². The number of rotatable bonds is 7. The highest BCUT2D eigenvalue weighted by Gasteiger charge is 2.58. The number of aliphatic hydroxyl groups is 2. The second-order valence-corrected chi connectivity index (χ2v) is 7.35. The van der Waals surface area contributed by atoms with Crippen molar-refractivity contribution in [1.29, 1.82) is 0 Å². The third-order valence-electron chi connectivity index (χ3n) is 4.32. The van der Waals surface area contributed by atoms with Gasteiger partial charge in [-0.05, 0) is 34.1 Å². The zero-order valence-electron chi connectivity index (χ0n) is 15.8. The maximum absolute atomic E-state index is 12.7. The van der Waals surface area contributed by atoms with E-state index in [0.29, 0.717) is 0 Å². The van der Waals surface area contributed by atoms with E-state index in [0.717, 1.165) is 11.1 Å². The summed E-state index contributed by atoms with van der Waals surface area (Å²) < 4.78 is 0. The fourth-order valence-corrected chi connectivity index (χ4v) is 2.77. The molecule has 0 aromatic rings. The topological polar surface area (TPSA) is 91.7 Å². The number of ketones is 3. The van der Waals surface area contributed by atoms with Crippen LogP contribution in [0.25, 0.3) is 0 Å². The minimum Gasteiger partial charge on any atom is -0.508 e. The van der Waals surface area contributed by atoms with E-state index in [1.54, 1.807) is 39.8 Å². The van der Waals surface area contributed by atoms with Gasteiger partial charge in [0.15, 0.2) is 23.0 Å². The van der Waals surface area contributed by atoms with Crippen LogP contribution in [0.5, 0.6) is 0 Å². The van der Waals surface area contributed by atoms with E-state index in [-0.39, 0.29) is 12.8 Å². The monoisotopic (exact) mass is 348 g/mol. The van der Waals surface area contributed by atoms with Crippen LogP contribution in [0, 0.1) is 11.8 Å². The van der Waals surface area contributed by atoms with Crippen LogP contribution in [0.4, 0.5) is 0 Å². The Morgan fingerprint density at radius 1 is 1.12 bits per heavy atom. The minimum absolute atomic E-state index is 0.0805. The van der Waals surface area contributed by atoms with Crippen LogP contribution in [0.3, 0.4) is 0 Å². The summed E-state index contributed by atoms with van der Waals surface area (Å²) in [4.78, 5) is 37.7. The Balaban J connectivity index is 3.45. The lowest BCUT2D eigenvalue weighted by atomic mass is 9.81. The van der Waals surface area contributed by atoms with Crippen molar-refractivity contribution >= 4 is 17.3 Å². The van der Waals surface area contributed by atoms with Crippen molar-refractivity contribution in [3.05, 3.63) is 34.6 Å². The second-order valence-electron chi connectivity index (χ2n) is 7.35. The van der Waals surface area contributed by atoms with Gasteiger partial charge in [0.1, 0.15) is 11.3 Å². The molecule has 0 saturated heterocycles.